The number of nitro benzene ring substituents is 1. The number of nitrogens with zero attached hydrogens (tertiary/aromatic N) is 3. The third kappa shape index (κ3) is 3.18. The Morgan fingerprint density at radius 2 is 1.87 bits per heavy atom. The van der Waals surface area contributed by atoms with Crippen LogP contribution in [0.4, 0.5) is 5.69 Å². The monoisotopic (exact) mass is 439 g/mol. The number of halogens is 2. The molecular formula is C22H15Cl2N3O3. The van der Waals surface area contributed by atoms with Crippen molar-refractivity contribution in [3.8, 4) is 5.75 Å². The first-order chi connectivity index (χ1) is 14.5. The summed E-state index contributed by atoms with van der Waals surface area (Å²) in [7, 11) is 0. The summed E-state index contributed by atoms with van der Waals surface area (Å²) < 4.78 is 6.24. The minimum absolute atomic E-state index is 0.0817. The number of hydrogen-bond donors (Lipinski definition) is 0. The Hall–Kier alpha value is -3.09. The quantitative estimate of drug-likeness (QED) is 0.362. The van der Waals surface area contributed by atoms with Gasteiger partial charge in [0.1, 0.15) is 10.8 Å². The van der Waals surface area contributed by atoms with E-state index in [0.29, 0.717) is 22.8 Å². The van der Waals surface area contributed by atoms with Crippen molar-refractivity contribution in [2.45, 2.75) is 18.7 Å². The minimum atomic E-state index is -0.624. The Kier molecular flexibility index (Phi) is 4.60. The molecule has 0 aliphatic carbocycles. The normalized spacial score (nSPS) is 19.5. The molecule has 2 aliphatic rings. The first-order valence-electron chi connectivity index (χ1n) is 9.32. The van der Waals surface area contributed by atoms with Gasteiger partial charge in [-0.2, -0.15) is 5.10 Å². The van der Waals surface area contributed by atoms with Crippen LogP contribution in [0.1, 0.15) is 35.4 Å². The third-order valence-corrected chi connectivity index (χ3v) is 5.87. The summed E-state index contributed by atoms with van der Waals surface area (Å²) >= 11 is 12.3. The van der Waals surface area contributed by atoms with Gasteiger partial charge in [-0.25, -0.2) is 5.01 Å². The summed E-state index contributed by atoms with van der Waals surface area (Å²) in [5.74, 6) is 0.688. The van der Waals surface area contributed by atoms with Crippen LogP contribution in [0.3, 0.4) is 0 Å². The lowest BCUT2D eigenvalue weighted by Gasteiger charge is -2.38. The Balaban J connectivity index is 1.62. The number of hydrazone groups is 1. The summed E-state index contributed by atoms with van der Waals surface area (Å²) in [5, 5.41) is 18.8. The molecule has 2 aliphatic heterocycles. The van der Waals surface area contributed by atoms with Gasteiger partial charge in [-0.3, -0.25) is 10.1 Å². The zero-order valence-electron chi connectivity index (χ0n) is 15.5. The molecule has 30 heavy (non-hydrogen) atoms. The molecule has 8 heteroatoms. The van der Waals surface area contributed by atoms with Crippen LogP contribution in [-0.2, 0) is 0 Å². The highest BCUT2D eigenvalue weighted by atomic mass is 35.5. The maximum atomic E-state index is 11.4. The van der Waals surface area contributed by atoms with Crippen molar-refractivity contribution in [2.24, 2.45) is 5.10 Å². The number of benzene rings is 3. The number of ether oxygens (including phenoxy) is 1. The molecule has 6 nitrogen and oxygen atoms in total. The lowest BCUT2D eigenvalue weighted by molar-refractivity contribution is -0.384. The fraction of sp³-hybridized carbons (Fsp3) is 0.136. The summed E-state index contributed by atoms with van der Waals surface area (Å²) in [5.41, 5.74) is 3.33. The van der Waals surface area contributed by atoms with E-state index in [1.165, 1.54) is 12.1 Å². The first-order valence-corrected chi connectivity index (χ1v) is 10.1. The predicted octanol–water partition coefficient (Wildman–Crippen LogP) is 6.14. The highest BCUT2D eigenvalue weighted by molar-refractivity contribution is 6.32. The van der Waals surface area contributed by atoms with Crippen LogP contribution in [-0.4, -0.2) is 15.6 Å². The Morgan fingerprint density at radius 1 is 1.07 bits per heavy atom. The van der Waals surface area contributed by atoms with Crippen LogP contribution in [0.5, 0.6) is 5.75 Å². The number of nitro groups is 1. The van der Waals surface area contributed by atoms with E-state index in [4.69, 9.17) is 33.0 Å². The van der Waals surface area contributed by atoms with Gasteiger partial charge in [0, 0.05) is 28.6 Å². The largest absolute Gasteiger partial charge is 0.464 e. The second kappa shape index (κ2) is 7.31. The molecule has 0 unspecified atom stereocenters. The standard InChI is InChI=1S/C22H15Cl2N3O3/c23-15-7-9-21-16(11-15)19-12-18(13-4-2-1-3-5-13)25-26(19)22(30-21)14-6-8-17(24)20(10-14)27(28)29/h1-11,19,22H,12H2/t19-,22+/m1/s1. The van der Waals surface area contributed by atoms with Gasteiger partial charge in [0.2, 0.25) is 6.23 Å². The molecular weight excluding hydrogens is 425 g/mol. The molecule has 0 radical (unpaired) electrons. The molecule has 0 saturated carbocycles. The molecule has 0 aromatic heterocycles. The Morgan fingerprint density at radius 3 is 2.63 bits per heavy atom. The molecule has 0 bridgehead atoms. The molecule has 3 aromatic rings. The van der Waals surface area contributed by atoms with Crippen molar-refractivity contribution >= 4 is 34.6 Å². The maximum Gasteiger partial charge on any atom is 0.288 e. The average molecular weight is 440 g/mol. The topological polar surface area (TPSA) is 68.0 Å². The van der Waals surface area contributed by atoms with Gasteiger partial charge in [0.25, 0.3) is 5.69 Å². The van der Waals surface area contributed by atoms with E-state index in [0.717, 1.165) is 16.8 Å². The molecule has 0 spiro atoms. The lowest BCUT2D eigenvalue weighted by atomic mass is 9.96. The van der Waals surface area contributed by atoms with E-state index in [2.05, 4.69) is 0 Å². The smallest absolute Gasteiger partial charge is 0.288 e. The van der Waals surface area contributed by atoms with Crippen molar-refractivity contribution < 1.29 is 9.66 Å². The summed E-state index contributed by atoms with van der Waals surface area (Å²) in [6.45, 7) is 0. The maximum absolute atomic E-state index is 11.4. The summed E-state index contributed by atoms with van der Waals surface area (Å²) in [4.78, 5) is 10.9. The number of rotatable bonds is 3. The van der Waals surface area contributed by atoms with Crippen LogP contribution in [0.15, 0.2) is 71.8 Å². The van der Waals surface area contributed by atoms with Gasteiger partial charge in [-0.1, -0.05) is 59.6 Å². The zero-order valence-corrected chi connectivity index (χ0v) is 17.0. The molecule has 0 saturated heterocycles. The highest BCUT2D eigenvalue weighted by Gasteiger charge is 2.41. The zero-order chi connectivity index (χ0) is 20.8. The molecule has 0 fully saturated rings. The van der Waals surface area contributed by atoms with Crippen molar-refractivity contribution in [1.82, 2.24) is 5.01 Å². The SMILES string of the molecule is O=[N+]([O-])c1cc([C@@H]2Oc3ccc(Cl)cc3[C@H]3CC(c4ccccc4)=NN32)ccc1Cl. The molecule has 2 heterocycles. The van der Waals surface area contributed by atoms with E-state index in [1.54, 1.807) is 12.1 Å². The van der Waals surface area contributed by atoms with Crippen LogP contribution < -0.4 is 4.74 Å². The first kappa shape index (κ1) is 18.9. The summed E-state index contributed by atoms with van der Waals surface area (Å²) in [6.07, 6.45) is 0.0493. The Bertz CT molecular complexity index is 1180. The lowest BCUT2D eigenvalue weighted by Crippen LogP contribution is -2.33. The van der Waals surface area contributed by atoms with Gasteiger partial charge >= 0.3 is 0 Å². The van der Waals surface area contributed by atoms with Gasteiger partial charge in [-0.05, 0) is 29.8 Å². The molecule has 3 aromatic carbocycles. The van der Waals surface area contributed by atoms with Crippen molar-refractivity contribution in [3.63, 3.8) is 0 Å². The molecule has 150 valence electrons. The fourth-order valence-electron chi connectivity index (χ4n) is 3.91. The van der Waals surface area contributed by atoms with Crippen molar-refractivity contribution in [1.29, 1.82) is 0 Å². The fourth-order valence-corrected chi connectivity index (χ4v) is 4.27. The number of fused-ring (bicyclic) bond motifs is 3. The van der Waals surface area contributed by atoms with E-state index in [9.17, 15) is 10.1 Å². The predicted molar refractivity (Wildman–Crippen MR) is 115 cm³/mol. The Labute approximate surface area is 182 Å². The minimum Gasteiger partial charge on any atom is -0.464 e. The van der Waals surface area contributed by atoms with E-state index >= 15 is 0 Å². The van der Waals surface area contributed by atoms with Crippen molar-refractivity contribution in [2.75, 3.05) is 0 Å². The average Bonchev–Trinajstić information content (AvgIpc) is 3.20. The third-order valence-electron chi connectivity index (χ3n) is 5.31. The van der Waals surface area contributed by atoms with Gasteiger partial charge in [0.05, 0.1) is 16.7 Å². The second-order valence-corrected chi connectivity index (χ2v) is 7.98. The van der Waals surface area contributed by atoms with E-state index < -0.39 is 11.2 Å². The van der Waals surface area contributed by atoms with Crippen LogP contribution >= 0.6 is 23.2 Å². The van der Waals surface area contributed by atoms with Crippen LogP contribution in [0.2, 0.25) is 10.0 Å². The van der Waals surface area contributed by atoms with Crippen LogP contribution in [0, 0.1) is 10.1 Å². The molecule has 0 N–H and O–H groups in total. The highest BCUT2D eigenvalue weighted by Crippen LogP contribution is 2.48. The van der Waals surface area contributed by atoms with E-state index in [1.807, 2.05) is 47.5 Å². The van der Waals surface area contributed by atoms with Gasteiger partial charge in [-0.15, -0.1) is 0 Å². The summed E-state index contributed by atoms with van der Waals surface area (Å²) in [6, 6.07) is 20.0. The molecule has 0 amide bonds. The number of hydrogen-bond acceptors (Lipinski definition) is 5. The van der Waals surface area contributed by atoms with Crippen LogP contribution in [0.25, 0.3) is 0 Å². The second-order valence-electron chi connectivity index (χ2n) is 7.13. The van der Waals surface area contributed by atoms with E-state index in [-0.39, 0.29) is 16.8 Å². The van der Waals surface area contributed by atoms with Gasteiger partial charge in [0.15, 0.2) is 0 Å². The molecule has 5 rings (SSSR count). The van der Waals surface area contributed by atoms with Crippen molar-refractivity contribution in [3.05, 3.63) is 104 Å². The van der Waals surface area contributed by atoms with Gasteiger partial charge < -0.3 is 4.74 Å². The molecule has 2 atom stereocenters.